The average molecular weight is 476 g/mol. The maximum Gasteiger partial charge on any atom is 0.511 e. The summed E-state index contributed by atoms with van der Waals surface area (Å²) in [5, 5.41) is 0. The Hall–Kier alpha value is -2.18. The van der Waals surface area contributed by atoms with Gasteiger partial charge < -0.3 is 14.6 Å². The van der Waals surface area contributed by atoms with Gasteiger partial charge in [0.15, 0.2) is 0 Å². The maximum absolute atomic E-state index is 15.0. The molecule has 1 N–H and O–H groups in total. The lowest BCUT2D eigenvalue weighted by molar-refractivity contribution is -0.0495. The number of benzene rings is 1. The van der Waals surface area contributed by atoms with Crippen LogP contribution in [0, 0.1) is 5.82 Å². The van der Waals surface area contributed by atoms with Crippen LogP contribution in [0.15, 0.2) is 30.7 Å². The van der Waals surface area contributed by atoms with Gasteiger partial charge >= 0.3 is 15.5 Å². The van der Waals surface area contributed by atoms with Gasteiger partial charge in [0.25, 0.3) is 0 Å². The number of sulfonamides is 1. The SMILES string of the molecule is O=S(=O)(N1Cc2cccc(F)c2N(Cc2cnc[nH]2)C(COC2CCCC2)C1)C(F)(F)F. The molecule has 1 unspecified atom stereocenters. The van der Waals surface area contributed by atoms with Crippen molar-refractivity contribution in [2.75, 3.05) is 18.1 Å². The van der Waals surface area contributed by atoms with Crippen molar-refractivity contribution >= 4 is 15.7 Å². The first-order valence-corrected chi connectivity index (χ1v) is 11.8. The molecule has 2 aliphatic rings. The van der Waals surface area contributed by atoms with Gasteiger partial charge in [0.1, 0.15) is 5.82 Å². The van der Waals surface area contributed by atoms with Gasteiger partial charge in [-0.1, -0.05) is 25.0 Å². The van der Waals surface area contributed by atoms with Crippen LogP contribution in [0.1, 0.15) is 36.9 Å². The highest BCUT2D eigenvalue weighted by molar-refractivity contribution is 7.89. The lowest BCUT2D eigenvalue weighted by Crippen LogP contribution is -2.49. The number of aromatic nitrogens is 2. The summed E-state index contributed by atoms with van der Waals surface area (Å²) in [5.41, 5.74) is -4.63. The number of imidazole rings is 1. The van der Waals surface area contributed by atoms with Gasteiger partial charge in [-0.05, 0) is 24.5 Å². The summed E-state index contributed by atoms with van der Waals surface area (Å²) in [6.45, 7) is -1.01. The van der Waals surface area contributed by atoms with Crippen LogP contribution < -0.4 is 4.90 Å². The zero-order valence-corrected chi connectivity index (χ0v) is 18.0. The summed E-state index contributed by atoms with van der Waals surface area (Å²) in [7, 11) is -5.63. The fraction of sp³-hybridized carbons (Fsp3) is 0.550. The summed E-state index contributed by atoms with van der Waals surface area (Å²) in [6.07, 6.45) is 6.61. The Morgan fingerprint density at radius 2 is 1.97 bits per heavy atom. The van der Waals surface area contributed by atoms with E-state index in [9.17, 15) is 21.6 Å². The molecule has 4 rings (SSSR count). The van der Waals surface area contributed by atoms with Crippen molar-refractivity contribution in [1.82, 2.24) is 14.3 Å². The van der Waals surface area contributed by atoms with Crippen molar-refractivity contribution in [2.45, 2.75) is 56.4 Å². The molecule has 0 saturated heterocycles. The number of H-pyrrole nitrogens is 1. The highest BCUT2D eigenvalue weighted by atomic mass is 32.2. The van der Waals surface area contributed by atoms with E-state index in [1.165, 1.54) is 30.7 Å². The molecule has 1 fully saturated rings. The van der Waals surface area contributed by atoms with E-state index in [2.05, 4.69) is 9.97 Å². The topological polar surface area (TPSA) is 78.5 Å². The molecule has 1 aliphatic heterocycles. The van der Waals surface area contributed by atoms with Gasteiger partial charge in [-0.15, -0.1) is 0 Å². The number of nitrogens with zero attached hydrogens (tertiary/aromatic N) is 3. The molecule has 7 nitrogen and oxygen atoms in total. The highest BCUT2D eigenvalue weighted by Crippen LogP contribution is 2.36. The van der Waals surface area contributed by atoms with E-state index in [-0.39, 0.29) is 30.5 Å². The van der Waals surface area contributed by atoms with E-state index < -0.39 is 40.5 Å². The van der Waals surface area contributed by atoms with Crippen LogP contribution in [0.5, 0.6) is 0 Å². The Morgan fingerprint density at radius 1 is 1.22 bits per heavy atom. The van der Waals surface area contributed by atoms with Crippen LogP contribution in [0.4, 0.5) is 23.2 Å². The zero-order chi connectivity index (χ0) is 22.9. The van der Waals surface area contributed by atoms with Crippen molar-refractivity contribution in [1.29, 1.82) is 0 Å². The van der Waals surface area contributed by atoms with Crippen molar-refractivity contribution in [3.63, 3.8) is 0 Å². The predicted molar refractivity (Wildman–Crippen MR) is 109 cm³/mol. The molecule has 2 aromatic rings. The number of alkyl halides is 3. The molecular weight excluding hydrogens is 452 g/mol. The Morgan fingerprint density at radius 3 is 2.62 bits per heavy atom. The lowest BCUT2D eigenvalue weighted by atomic mass is 10.1. The van der Waals surface area contributed by atoms with Gasteiger partial charge in [0.05, 0.1) is 43.0 Å². The van der Waals surface area contributed by atoms with Gasteiger partial charge in [0.2, 0.25) is 0 Å². The monoisotopic (exact) mass is 476 g/mol. The number of anilines is 1. The third-order valence-electron chi connectivity index (χ3n) is 5.91. The molecule has 1 aromatic heterocycles. The molecule has 1 atom stereocenters. The molecule has 32 heavy (non-hydrogen) atoms. The first-order valence-electron chi connectivity index (χ1n) is 10.4. The number of nitrogens with one attached hydrogen (secondary N) is 1. The molecule has 1 aromatic carbocycles. The van der Waals surface area contributed by atoms with Crippen molar-refractivity contribution < 1.29 is 30.7 Å². The molecule has 1 saturated carbocycles. The standard InChI is InChI=1S/C20H24F4N4O3S/c21-18-7-3-4-14-9-27(32(29,30)20(22,23)24)11-16(12-31-17-5-1-2-6-17)28(19(14)18)10-15-8-25-13-26-15/h3-4,7-8,13,16-17H,1-2,5-6,9-12H2,(H,25,26). The van der Waals surface area contributed by atoms with Crippen LogP contribution in [-0.4, -0.2) is 53.5 Å². The summed E-state index contributed by atoms with van der Waals surface area (Å²) >= 11 is 0. The highest BCUT2D eigenvalue weighted by Gasteiger charge is 2.51. The fourth-order valence-electron chi connectivity index (χ4n) is 4.32. The maximum atomic E-state index is 15.0. The smallest absolute Gasteiger partial charge is 0.376 e. The first kappa shape index (κ1) is 23.0. The molecular formula is C20H24F4N4O3S. The number of fused-ring (bicyclic) bond motifs is 1. The molecule has 1 aliphatic carbocycles. The number of para-hydroxylation sites is 1. The van der Waals surface area contributed by atoms with E-state index in [4.69, 9.17) is 4.74 Å². The Labute approximate surface area is 183 Å². The largest absolute Gasteiger partial charge is 0.511 e. The van der Waals surface area contributed by atoms with E-state index in [1.807, 2.05) is 0 Å². The van der Waals surface area contributed by atoms with Gasteiger partial charge in [-0.2, -0.15) is 17.5 Å². The molecule has 176 valence electrons. The zero-order valence-electron chi connectivity index (χ0n) is 17.2. The number of halogens is 4. The average Bonchev–Trinajstić information content (AvgIpc) is 3.39. The summed E-state index contributed by atoms with van der Waals surface area (Å²) in [5.74, 6) is -0.640. The molecule has 2 heterocycles. The van der Waals surface area contributed by atoms with E-state index in [0.29, 0.717) is 10.00 Å². The summed E-state index contributed by atoms with van der Waals surface area (Å²) < 4.78 is 86.2. The number of hydrogen-bond acceptors (Lipinski definition) is 5. The molecule has 0 bridgehead atoms. The number of aromatic amines is 1. The molecule has 12 heteroatoms. The Kier molecular flexibility index (Phi) is 6.46. The van der Waals surface area contributed by atoms with Crippen molar-refractivity contribution in [2.24, 2.45) is 0 Å². The van der Waals surface area contributed by atoms with Crippen molar-refractivity contribution in [3.05, 3.63) is 47.8 Å². The second kappa shape index (κ2) is 8.99. The van der Waals surface area contributed by atoms with Crippen LogP contribution in [0.2, 0.25) is 0 Å². The minimum atomic E-state index is -5.63. The van der Waals surface area contributed by atoms with Gasteiger partial charge in [-0.3, -0.25) is 0 Å². The van der Waals surface area contributed by atoms with Crippen molar-refractivity contribution in [3.8, 4) is 0 Å². The minimum Gasteiger partial charge on any atom is -0.376 e. The number of rotatable bonds is 6. The van der Waals surface area contributed by atoms with Crippen LogP contribution >= 0.6 is 0 Å². The van der Waals surface area contributed by atoms with E-state index >= 15 is 4.39 Å². The Balaban J connectivity index is 1.74. The van der Waals surface area contributed by atoms with Gasteiger partial charge in [-0.25, -0.2) is 17.8 Å². The van der Waals surface area contributed by atoms with E-state index in [0.717, 1.165) is 25.7 Å². The number of ether oxygens (including phenoxy) is 1. The summed E-state index contributed by atoms with van der Waals surface area (Å²) in [6, 6.07) is 3.17. The third kappa shape index (κ3) is 4.62. The molecule has 0 spiro atoms. The molecule has 0 amide bonds. The quantitative estimate of drug-likeness (QED) is 0.646. The normalized spacial score (nSPS) is 21.0. The second-order valence-electron chi connectivity index (χ2n) is 8.09. The number of hydrogen-bond donors (Lipinski definition) is 1. The Bertz CT molecular complexity index is 1020. The molecule has 0 radical (unpaired) electrons. The lowest BCUT2D eigenvalue weighted by Gasteiger charge is -2.34. The van der Waals surface area contributed by atoms with E-state index in [1.54, 1.807) is 4.90 Å². The minimum absolute atomic E-state index is 0.0313. The second-order valence-corrected chi connectivity index (χ2v) is 10.0. The fourth-order valence-corrected chi connectivity index (χ4v) is 5.29. The summed E-state index contributed by atoms with van der Waals surface area (Å²) in [4.78, 5) is 8.44. The van der Waals surface area contributed by atoms with Crippen LogP contribution in [0.25, 0.3) is 0 Å². The van der Waals surface area contributed by atoms with Crippen LogP contribution in [0.3, 0.4) is 0 Å². The predicted octanol–water partition coefficient (Wildman–Crippen LogP) is 3.55. The first-order chi connectivity index (χ1) is 15.2. The van der Waals surface area contributed by atoms with Gasteiger partial charge in [0, 0.05) is 19.3 Å². The van der Waals surface area contributed by atoms with Crippen LogP contribution in [-0.2, 0) is 27.8 Å². The third-order valence-corrected chi connectivity index (χ3v) is 7.46.